The van der Waals surface area contributed by atoms with E-state index < -0.39 is 0 Å². The minimum absolute atomic E-state index is 0.417. The van der Waals surface area contributed by atoms with Crippen LogP contribution in [0, 0.1) is 0 Å². The number of halogens is 1. The van der Waals surface area contributed by atoms with Crippen LogP contribution in [0.5, 0.6) is 0 Å². The number of rotatable bonds is 8. The molecule has 0 fully saturated rings. The number of benzene rings is 1. The second-order valence-electron chi connectivity index (χ2n) is 5.27. The van der Waals surface area contributed by atoms with Gasteiger partial charge in [0.05, 0.1) is 0 Å². The van der Waals surface area contributed by atoms with Crippen LogP contribution in [0.2, 0.25) is 0 Å². The van der Waals surface area contributed by atoms with Crippen LogP contribution in [-0.2, 0) is 0 Å². The standard InChI is InChI=1S/C15H24BrN3S/c1-11(2)19(3)9-5-4-8-18-12-6-7-13(15(17)20)14(16)10-12/h6-7,10-11,18H,4-5,8-9H2,1-3H3,(H2,17,20). The molecular weight excluding hydrogens is 334 g/mol. The molecule has 0 aromatic heterocycles. The molecule has 0 aliphatic heterocycles. The van der Waals surface area contributed by atoms with Crippen LogP contribution in [0.15, 0.2) is 22.7 Å². The molecule has 112 valence electrons. The van der Waals surface area contributed by atoms with E-state index in [1.54, 1.807) is 0 Å². The third kappa shape index (κ3) is 5.77. The van der Waals surface area contributed by atoms with Crippen molar-refractivity contribution in [2.45, 2.75) is 32.7 Å². The predicted octanol–water partition coefficient (Wildman–Crippen LogP) is 3.62. The molecule has 0 amide bonds. The fraction of sp³-hybridized carbons (Fsp3) is 0.533. The second kappa shape index (κ2) is 8.60. The quantitative estimate of drug-likeness (QED) is 0.550. The number of unbranched alkanes of at least 4 members (excludes halogenated alkanes) is 1. The first kappa shape index (κ1) is 17.4. The monoisotopic (exact) mass is 357 g/mol. The van der Waals surface area contributed by atoms with E-state index in [4.69, 9.17) is 18.0 Å². The van der Waals surface area contributed by atoms with Crippen LogP contribution < -0.4 is 11.1 Å². The largest absolute Gasteiger partial charge is 0.389 e. The van der Waals surface area contributed by atoms with Crippen molar-refractivity contribution in [1.29, 1.82) is 0 Å². The zero-order chi connectivity index (χ0) is 15.1. The zero-order valence-electron chi connectivity index (χ0n) is 12.4. The second-order valence-corrected chi connectivity index (χ2v) is 6.56. The van der Waals surface area contributed by atoms with E-state index >= 15 is 0 Å². The van der Waals surface area contributed by atoms with Crippen molar-refractivity contribution < 1.29 is 0 Å². The summed E-state index contributed by atoms with van der Waals surface area (Å²) in [5, 5.41) is 3.42. The van der Waals surface area contributed by atoms with Crippen LogP contribution in [0.3, 0.4) is 0 Å². The molecule has 5 heteroatoms. The number of hydrogen-bond donors (Lipinski definition) is 2. The van der Waals surface area contributed by atoms with Crippen molar-refractivity contribution in [2.24, 2.45) is 5.73 Å². The molecule has 0 aliphatic carbocycles. The molecule has 0 atom stereocenters. The SMILES string of the molecule is CC(C)N(C)CCCCNc1ccc(C(N)=S)c(Br)c1. The number of nitrogens with one attached hydrogen (secondary N) is 1. The molecule has 0 aliphatic rings. The number of anilines is 1. The summed E-state index contributed by atoms with van der Waals surface area (Å²) in [7, 11) is 2.17. The van der Waals surface area contributed by atoms with Gasteiger partial charge in [-0.15, -0.1) is 0 Å². The number of nitrogens with two attached hydrogens (primary N) is 1. The fourth-order valence-electron chi connectivity index (χ4n) is 1.80. The van der Waals surface area contributed by atoms with Gasteiger partial charge in [0, 0.05) is 28.3 Å². The molecule has 0 radical (unpaired) electrons. The van der Waals surface area contributed by atoms with Crippen molar-refractivity contribution in [3.05, 3.63) is 28.2 Å². The van der Waals surface area contributed by atoms with E-state index in [0.717, 1.165) is 35.2 Å². The maximum Gasteiger partial charge on any atom is 0.105 e. The topological polar surface area (TPSA) is 41.3 Å². The lowest BCUT2D eigenvalue weighted by Crippen LogP contribution is -2.27. The summed E-state index contributed by atoms with van der Waals surface area (Å²) in [5.41, 5.74) is 7.60. The summed E-state index contributed by atoms with van der Waals surface area (Å²) in [6, 6.07) is 6.60. The van der Waals surface area contributed by atoms with Gasteiger partial charge < -0.3 is 16.0 Å². The Balaban J connectivity index is 2.32. The van der Waals surface area contributed by atoms with Crippen molar-refractivity contribution in [3.8, 4) is 0 Å². The fourth-order valence-corrected chi connectivity index (χ4v) is 2.70. The molecule has 3 nitrogen and oxygen atoms in total. The molecule has 0 spiro atoms. The van der Waals surface area contributed by atoms with Gasteiger partial charge in [-0.05, 0) is 74.4 Å². The lowest BCUT2D eigenvalue weighted by molar-refractivity contribution is 0.269. The zero-order valence-corrected chi connectivity index (χ0v) is 14.9. The van der Waals surface area contributed by atoms with Crippen molar-refractivity contribution >= 4 is 38.8 Å². The molecule has 1 aromatic carbocycles. The third-order valence-electron chi connectivity index (χ3n) is 3.38. The van der Waals surface area contributed by atoms with Gasteiger partial charge >= 0.3 is 0 Å². The number of thiocarbonyl (C=S) groups is 1. The molecule has 0 bridgehead atoms. The van der Waals surface area contributed by atoms with Gasteiger partial charge in [-0.3, -0.25) is 0 Å². The Morgan fingerprint density at radius 1 is 1.40 bits per heavy atom. The Hall–Kier alpha value is -0.650. The number of nitrogens with zero attached hydrogens (tertiary/aromatic N) is 1. The Morgan fingerprint density at radius 3 is 2.65 bits per heavy atom. The average Bonchev–Trinajstić information content (AvgIpc) is 2.37. The molecule has 20 heavy (non-hydrogen) atoms. The van der Waals surface area contributed by atoms with Gasteiger partial charge in [0.15, 0.2) is 0 Å². The van der Waals surface area contributed by atoms with Crippen LogP contribution in [0.25, 0.3) is 0 Å². The first-order valence-electron chi connectivity index (χ1n) is 6.95. The van der Waals surface area contributed by atoms with E-state index in [9.17, 15) is 0 Å². The van der Waals surface area contributed by atoms with Gasteiger partial charge in [-0.1, -0.05) is 12.2 Å². The van der Waals surface area contributed by atoms with Crippen molar-refractivity contribution in [2.75, 3.05) is 25.5 Å². The highest BCUT2D eigenvalue weighted by atomic mass is 79.9. The summed E-state index contributed by atoms with van der Waals surface area (Å²) in [6.07, 6.45) is 2.36. The molecule has 0 heterocycles. The molecule has 1 aromatic rings. The molecule has 0 saturated heterocycles. The summed E-state index contributed by atoms with van der Waals surface area (Å²) in [5.74, 6) is 0. The maximum absolute atomic E-state index is 5.63. The van der Waals surface area contributed by atoms with E-state index in [0.29, 0.717) is 11.0 Å². The first-order valence-corrected chi connectivity index (χ1v) is 8.15. The molecule has 0 unspecified atom stereocenters. The minimum atomic E-state index is 0.417. The molecule has 3 N–H and O–H groups in total. The maximum atomic E-state index is 5.63. The van der Waals surface area contributed by atoms with Gasteiger partial charge in [0.2, 0.25) is 0 Å². The van der Waals surface area contributed by atoms with Crippen LogP contribution in [0.1, 0.15) is 32.3 Å². The Labute approximate surface area is 136 Å². The van der Waals surface area contributed by atoms with Gasteiger partial charge in [0.1, 0.15) is 4.99 Å². The summed E-state index contributed by atoms with van der Waals surface area (Å²) >= 11 is 8.47. The lowest BCUT2D eigenvalue weighted by Gasteiger charge is -2.20. The molecule has 1 rings (SSSR count). The Kier molecular flexibility index (Phi) is 7.48. The highest BCUT2D eigenvalue weighted by Crippen LogP contribution is 2.21. The average molecular weight is 358 g/mol. The van der Waals surface area contributed by atoms with Crippen molar-refractivity contribution in [3.63, 3.8) is 0 Å². The molecular formula is C15H24BrN3S. The van der Waals surface area contributed by atoms with Crippen LogP contribution in [0.4, 0.5) is 5.69 Å². The van der Waals surface area contributed by atoms with Gasteiger partial charge in [-0.2, -0.15) is 0 Å². The third-order valence-corrected chi connectivity index (χ3v) is 4.26. The normalized spacial score (nSPS) is 11.1. The lowest BCUT2D eigenvalue weighted by atomic mass is 10.2. The van der Waals surface area contributed by atoms with E-state index in [2.05, 4.69) is 47.0 Å². The van der Waals surface area contributed by atoms with Gasteiger partial charge in [-0.25, -0.2) is 0 Å². The highest BCUT2D eigenvalue weighted by Gasteiger charge is 2.04. The van der Waals surface area contributed by atoms with Crippen LogP contribution >= 0.6 is 28.1 Å². The van der Waals surface area contributed by atoms with E-state index in [1.807, 2.05) is 18.2 Å². The summed E-state index contributed by atoms with van der Waals surface area (Å²) in [4.78, 5) is 2.79. The summed E-state index contributed by atoms with van der Waals surface area (Å²) < 4.78 is 0.939. The Morgan fingerprint density at radius 2 is 2.10 bits per heavy atom. The minimum Gasteiger partial charge on any atom is -0.389 e. The first-order chi connectivity index (χ1) is 9.41. The Bertz CT molecular complexity index is 449. The van der Waals surface area contributed by atoms with Crippen LogP contribution in [-0.4, -0.2) is 36.1 Å². The smallest absolute Gasteiger partial charge is 0.105 e. The number of hydrogen-bond acceptors (Lipinski definition) is 3. The summed E-state index contributed by atoms with van der Waals surface area (Å²) in [6.45, 7) is 6.56. The predicted molar refractivity (Wildman–Crippen MR) is 95.5 cm³/mol. The van der Waals surface area contributed by atoms with E-state index in [1.165, 1.54) is 6.42 Å². The van der Waals surface area contributed by atoms with E-state index in [-0.39, 0.29) is 0 Å². The van der Waals surface area contributed by atoms with Gasteiger partial charge in [0.25, 0.3) is 0 Å². The highest BCUT2D eigenvalue weighted by molar-refractivity contribution is 9.10. The van der Waals surface area contributed by atoms with Crippen molar-refractivity contribution in [1.82, 2.24) is 4.90 Å². The molecule has 0 saturated carbocycles.